The lowest BCUT2D eigenvalue weighted by atomic mass is 9.97. The van der Waals surface area contributed by atoms with Crippen molar-refractivity contribution in [2.24, 2.45) is 5.73 Å². The number of rotatable bonds is 4. The maximum atomic E-state index is 13.4. The second kappa shape index (κ2) is 8.14. The summed E-state index contributed by atoms with van der Waals surface area (Å²) in [5.41, 5.74) is 7.15. The summed E-state index contributed by atoms with van der Waals surface area (Å²) >= 11 is 0. The predicted octanol–water partition coefficient (Wildman–Crippen LogP) is 1.87. The van der Waals surface area contributed by atoms with Gasteiger partial charge in [-0.2, -0.15) is 0 Å². The quantitative estimate of drug-likeness (QED) is 0.832. The predicted molar refractivity (Wildman–Crippen MR) is 82.1 cm³/mol. The van der Waals surface area contributed by atoms with Crippen molar-refractivity contribution in [3.8, 4) is 11.8 Å². The summed E-state index contributed by atoms with van der Waals surface area (Å²) in [6, 6.07) is 5.17. The molecule has 1 fully saturated rings. The third-order valence-corrected chi connectivity index (χ3v) is 3.98. The molecule has 1 aliphatic heterocycles. The fourth-order valence-electron chi connectivity index (χ4n) is 2.91. The van der Waals surface area contributed by atoms with E-state index in [1.165, 1.54) is 25.0 Å². The van der Waals surface area contributed by atoms with Gasteiger partial charge in [0.15, 0.2) is 0 Å². The van der Waals surface area contributed by atoms with Gasteiger partial charge in [-0.05, 0) is 43.5 Å². The fraction of sp³-hybridized carbons (Fsp3) is 0.529. The summed E-state index contributed by atoms with van der Waals surface area (Å²) in [6.07, 6.45) is 4.30. The summed E-state index contributed by atoms with van der Waals surface area (Å²) < 4.78 is 13.4. The van der Waals surface area contributed by atoms with Crippen LogP contribution >= 0.6 is 0 Å². The summed E-state index contributed by atoms with van der Waals surface area (Å²) in [7, 11) is 0. The molecule has 0 bridgehead atoms. The second-order valence-corrected chi connectivity index (χ2v) is 5.44. The van der Waals surface area contributed by atoms with Crippen LogP contribution in [0.3, 0.4) is 0 Å². The number of likely N-dealkylation sites (tertiary alicyclic amines) is 1. The molecule has 1 aromatic rings. The molecule has 21 heavy (non-hydrogen) atoms. The van der Waals surface area contributed by atoms with Gasteiger partial charge in [-0.15, -0.1) is 0 Å². The molecule has 1 aromatic carbocycles. The number of aliphatic hydroxyl groups excluding tert-OH is 1. The largest absolute Gasteiger partial charge is 0.396 e. The average molecular weight is 290 g/mol. The number of nitrogens with zero attached hydrogens (tertiary/aromatic N) is 1. The van der Waals surface area contributed by atoms with E-state index in [-0.39, 0.29) is 19.0 Å². The van der Waals surface area contributed by atoms with Gasteiger partial charge in [0.25, 0.3) is 0 Å². The maximum absolute atomic E-state index is 13.4. The zero-order chi connectivity index (χ0) is 15.1. The van der Waals surface area contributed by atoms with Crippen LogP contribution in [-0.4, -0.2) is 35.7 Å². The van der Waals surface area contributed by atoms with Crippen molar-refractivity contribution in [1.82, 2.24) is 4.90 Å². The van der Waals surface area contributed by atoms with Crippen molar-refractivity contribution in [3.05, 3.63) is 35.1 Å². The first-order valence-electron chi connectivity index (χ1n) is 7.57. The molecule has 1 saturated heterocycles. The Morgan fingerprint density at radius 1 is 1.38 bits per heavy atom. The van der Waals surface area contributed by atoms with Gasteiger partial charge in [-0.25, -0.2) is 4.39 Å². The molecule has 0 radical (unpaired) electrons. The molecule has 3 nitrogen and oxygen atoms in total. The molecule has 0 amide bonds. The summed E-state index contributed by atoms with van der Waals surface area (Å²) in [5, 5.41) is 9.20. The van der Waals surface area contributed by atoms with E-state index in [2.05, 4.69) is 16.7 Å². The van der Waals surface area contributed by atoms with E-state index in [0.717, 1.165) is 31.5 Å². The molecule has 4 heteroatoms. The van der Waals surface area contributed by atoms with E-state index >= 15 is 0 Å². The summed E-state index contributed by atoms with van der Waals surface area (Å²) in [4.78, 5) is 2.38. The monoisotopic (exact) mass is 290 g/mol. The minimum absolute atomic E-state index is 0.213. The highest BCUT2D eigenvalue weighted by molar-refractivity contribution is 5.42. The van der Waals surface area contributed by atoms with Gasteiger partial charge < -0.3 is 10.8 Å². The first-order chi connectivity index (χ1) is 10.2. The Morgan fingerprint density at radius 2 is 2.24 bits per heavy atom. The zero-order valence-corrected chi connectivity index (χ0v) is 12.3. The zero-order valence-electron chi connectivity index (χ0n) is 12.3. The number of benzene rings is 1. The van der Waals surface area contributed by atoms with E-state index < -0.39 is 0 Å². The number of piperidine rings is 1. The first kappa shape index (κ1) is 16.0. The number of hydrogen-bond donors (Lipinski definition) is 2. The molecular formula is C17H23FN2O. The molecule has 114 valence electrons. The van der Waals surface area contributed by atoms with Crippen LogP contribution in [0.25, 0.3) is 0 Å². The van der Waals surface area contributed by atoms with Crippen LogP contribution in [0, 0.1) is 17.7 Å². The number of halogens is 1. The molecule has 0 spiro atoms. The lowest BCUT2D eigenvalue weighted by Crippen LogP contribution is -2.39. The van der Waals surface area contributed by atoms with Crippen molar-refractivity contribution >= 4 is 0 Å². The minimum atomic E-state index is -0.273. The van der Waals surface area contributed by atoms with Gasteiger partial charge in [-0.3, -0.25) is 4.90 Å². The van der Waals surface area contributed by atoms with Gasteiger partial charge in [0.2, 0.25) is 0 Å². The highest BCUT2D eigenvalue weighted by Crippen LogP contribution is 2.23. The lowest BCUT2D eigenvalue weighted by molar-refractivity contribution is 0.112. The van der Waals surface area contributed by atoms with Gasteiger partial charge in [-0.1, -0.05) is 24.3 Å². The summed E-state index contributed by atoms with van der Waals surface area (Å²) in [6.45, 7) is 2.25. The Kier molecular flexibility index (Phi) is 6.19. The normalized spacial score (nSPS) is 19.1. The van der Waals surface area contributed by atoms with Crippen LogP contribution in [0.5, 0.6) is 0 Å². The second-order valence-electron chi connectivity index (χ2n) is 5.44. The Labute approximate surface area is 125 Å². The number of aliphatic hydroxyl groups is 1. The molecule has 0 aromatic heterocycles. The van der Waals surface area contributed by atoms with E-state index in [1.807, 2.05) is 0 Å². The third-order valence-electron chi connectivity index (χ3n) is 3.98. The molecule has 0 saturated carbocycles. The van der Waals surface area contributed by atoms with Crippen molar-refractivity contribution in [2.45, 2.75) is 38.3 Å². The first-order valence-corrected chi connectivity index (χ1v) is 7.57. The summed E-state index contributed by atoms with van der Waals surface area (Å²) in [5.74, 6) is 5.48. The van der Waals surface area contributed by atoms with Crippen molar-refractivity contribution < 1.29 is 9.50 Å². The van der Waals surface area contributed by atoms with Gasteiger partial charge in [0, 0.05) is 24.8 Å². The average Bonchev–Trinajstić information content (AvgIpc) is 2.49. The van der Waals surface area contributed by atoms with Crippen LogP contribution in [0.1, 0.15) is 36.8 Å². The molecule has 1 aliphatic rings. The highest BCUT2D eigenvalue weighted by atomic mass is 19.1. The van der Waals surface area contributed by atoms with E-state index in [9.17, 15) is 9.50 Å². The Balaban J connectivity index is 2.17. The Hall–Kier alpha value is -1.41. The van der Waals surface area contributed by atoms with Crippen LogP contribution in [0.2, 0.25) is 0 Å². The van der Waals surface area contributed by atoms with Crippen molar-refractivity contribution in [3.63, 3.8) is 0 Å². The van der Waals surface area contributed by atoms with Crippen LogP contribution < -0.4 is 5.73 Å². The third kappa shape index (κ3) is 4.53. The van der Waals surface area contributed by atoms with Gasteiger partial charge in [0.1, 0.15) is 5.82 Å². The topological polar surface area (TPSA) is 49.5 Å². The fourth-order valence-corrected chi connectivity index (χ4v) is 2.91. The standard InChI is InChI=1S/C17H23FN2O/c18-16-7-6-15(14(12-16)4-3-9-19)13-20-10-2-1-5-17(20)8-11-21/h6-7,12,17,21H,1-2,5,8-11,13,19H2. The van der Waals surface area contributed by atoms with Crippen LogP contribution in [0.15, 0.2) is 18.2 Å². The smallest absolute Gasteiger partial charge is 0.124 e. The van der Waals surface area contributed by atoms with E-state index in [4.69, 9.17) is 5.73 Å². The lowest BCUT2D eigenvalue weighted by Gasteiger charge is -2.35. The van der Waals surface area contributed by atoms with Crippen LogP contribution in [0.4, 0.5) is 4.39 Å². The van der Waals surface area contributed by atoms with Crippen molar-refractivity contribution in [2.75, 3.05) is 19.7 Å². The molecule has 1 heterocycles. The molecular weight excluding hydrogens is 267 g/mol. The van der Waals surface area contributed by atoms with Crippen LogP contribution in [-0.2, 0) is 6.54 Å². The molecule has 1 unspecified atom stereocenters. The molecule has 2 rings (SSSR count). The van der Waals surface area contributed by atoms with Crippen molar-refractivity contribution in [1.29, 1.82) is 0 Å². The Bertz CT molecular complexity index is 519. The van der Waals surface area contributed by atoms with Gasteiger partial charge >= 0.3 is 0 Å². The Morgan fingerprint density at radius 3 is 3.00 bits per heavy atom. The van der Waals surface area contributed by atoms with E-state index in [0.29, 0.717) is 11.6 Å². The molecule has 3 N–H and O–H groups in total. The van der Waals surface area contributed by atoms with E-state index in [1.54, 1.807) is 6.07 Å². The maximum Gasteiger partial charge on any atom is 0.124 e. The van der Waals surface area contributed by atoms with Gasteiger partial charge in [0.05, 0.1) is 6.54 Å². The highest BCUT2D eigenvalue weighted by Gasteiger charge is 2.22. The molecule has 0 aliphatic carbocycles. The minimum Gasteiger partial charge on any atom is -0.396 e. The number of nitrogens with two attached hydrogens (primary N) is 1. The SMILES string of the molecule is NCC#Cc1cc(F)ccc1CN1CCCCC1CCO. The number of hydrogen-bond acceptors (Lipinski definition) is 3. The molecule has 1 atom stereocenters.